The van der Waals surface area contributed by atoms with Crippen molar-refractivity contribution in [3.63, 3.8) is 0 Å². The molecule has 2 aliphatic rings. The van der Waals surface area contributed by atoms with Crippen LogP contribution in [0.3, 0.4) is 0 Å². The summed E-state index contributed by atoms with van der Waals surface area (Å²) in [5, 5.41) is 2.44. The van der Waals surface area contributed by atoms with Gasteiger partial charge in [0.15, 0.2) is 11.5 Å². The first kappa shape index (κ1) is 20.6. The Labute approximate surface area is 178 Å². The number of amides is 3. The van der Waals surface area contributed by atoms with E-state index in [4.69, 9.17) is 9.47 Å². The van der Waals surface area contributed by atoms with E-state index in [0.717, 1.165) is 0 Å². The van der Waals surface area contributed by atoms with Crippen LogP contribution in [-0.2, 0) is 9.59 Å². The van der Waals surface area contributed by atoms with Crippen LogP contribution in [-0.4, -0.2) is 73.0 Å². The van der Waals surface area contributed by atoms with Gasteiger partial charge in [-0.25, -0.2) is 4.39 Å². The normalized spacial score (nSPS) is 17.8. The van der Waals surface area contributed by atoms with Gasteiger partial charge in [-0.05, 0) is 24.3 Å². The lowest BCUT2D eigenvalue weighted by molar-refractivity contribution is -0.146. The molecule has 0 radical (unpaired) electrons. The number of carbonyl (C=O) groups excluding carboxylic acids is 3. The molecule has 0 bridgehead atoms. The van der Waals surface area contributed by atoms with E-state index in [-0.39, 0.29) is 30.5 Å². The Bertz CT molecular complexity index is 991. The molecule has 31 heavy (non-hydrogen) atoms. The van der Waals surface area contributed by atoms with Crippen LogP contribution in [0.25, 0.3) is 0 Å². The molecule has 1 atom stereocenters. The van der Waals surface area contributed by atoms with E-state index in [0.29, 0.717) is 37.7 Å². The number of rotatable bonds is 4. The summed E-state index contributed by atoms with van der Waals surface area (Å²) in [7, 11) is 0. The van der Waals surface area contributed by atoms with Gasteiger partial charge in [0, 0.05) is 26.2 Å². The molecule has 1 saturated heterocycles. The number of fused-ring (bicyclic) bond motifs is 1. The molecular weight excluding hydrogens is 405 g/mol. The second-order valence-corrected chi connectivity index (χ2v) is 7.23. The molecule has 1 unspecified atom stereocenters. The molecule has 4 rings (SSSR count). The molecule has 2 aromatic carbocycles. The minimum Gasteiger partial charge on any atom is -0.485 e. The lowest BCUT2D eigenvalue weighted by Crippen LogP contribution is -2.56. The number of piperazine rings is 1. The number of ether oxygens (including phenoxy) is 2. The molecule has 2 aliphatic heterocycles. The van der Waals surface area contributed by atoms with Crippen molar-refractivity contribution in [3.05, 3.63) is 59.9 Å². The molecule has 0 saturated carbocycles. The summed E-state index contributed by atoms with van der Waals surface area (Å²) in [6.07, 6.45) is -0.725. The van der Waals surface area contributed by atoms with Gasteiger partial charge in [-0.2, -0.15) is 0 Å². The van der Waals surface area contributed by atoms with Gasteiger partial charge in [0.25, 0.3) is 11.8 Å². The Morgan fingerprint density at radius 1 is 0.935 bits per heavy atom. The van der Waals surface area contributed by atoms with Crippen molar-refractivity contribution in [2.75, 3.05) is 39.3 Å². The highest BCUT2D eigenvalue weighted by molar-refractivity contribution is 5.96. The highest BCUT2D eigenvalue weighted by Crippen LogP contribution is 2.31. The van der Waals surface area contributed by atoms with Crippen molar-refractivity contribution < 1.29 is 28.2 Å². The van der Waals surface area contributed by atoms with E-state index >= 15 is 0 Å². The molecule has 0 aromatic heterocycles. The van der Waals surface area contributed by atoms with Gasteiger partial charge in [0.2, 0.25) is 12.0 Å². The fourth-order valence-electron chi connectivity index (χ4n) is 3.53. The van der Waals surface area contributed by atoms with Crippen molar-refractivity contribution in [3.8, 4) is 11.5 Å². The minimum absolute atomic E-state index is 0.109. The average molecular weight is 427 g/mol. The molecule has 0 spiro atoms. The first-order valence-electron chi connectivity index (χ1n) is 10.0. The van der Waals surface area contributed by atoms with Crippen molar-refractivity contribution in [1.82, 2.24) is 15.1 Å². The number of hydrogen-bond donors (Lipinski definition) is 1. The van der Waals surface area contributed by atoms with Crippen LogP contribution in [0.15, 0.2) is 48.5 Å². The molecule has 1 N–H and O–H groups in total. The fraction of sp³-hybridized carbons (Fsp3) is 0.318. The average Bonchev–Trinajstić information content (AvgIpc) is 2.82. The molecule has 9 heteroatoms. The van der Waals surface area contributed by atoms with Crippen LogP contribution in [0, 0.1) is 5.82 Å². The second-order valence-electron chi connectivity index (χ2n) is 7.23. The van der Waals surface area contributed by atoms with Crippen molar-refractivity contribution >= 4 is 17.7 Å². The molecule has 3 amide bonds. The van der Waals surface area contributed by atoms with Gasteiger partial charge in [-0.15, -0.1) is 0 Å². The van der Waals surface area contributed by atoms with E-state index in [2.05, 4.69) is 5.32 Å². The van der Waals surface area contributed by atoms with Gasteiger partial charge < -0.3 is 24.6 Å². The molecule has 8 nitrogen and oxygen atoms in total. The van der Waals surface area contributed by atoms with Crippen LogP contribution < -0.4 is 14.8 Å². The van der Waals surface area contributed by atoms with Crippen molar-refractivity contribution in [2.24, 2.45) is 0 Å². The second kappa shape index (κ2) is 9.03. The number of hydrogen-bond acceptors (Lipinski definition) is 5. The molecule has 0 aliphatic carbocycles. The first-order valence-corrected chi connectivity index (χ1v) is 10.0. The number of para-hydroxylation sites is 2. The quantitative estimate of drug-likeness (QED) is 0.789. The maximum atomic E-state index is 13.7. The molecule has 2 heterocycles. The smallest absolute Gasteiger partial charge is 0.267 e. The van der Waals surface area contributed by atoms with Crippen LogP contribution >= 0.6 is 0 Å². The number of carbonyl (C=O) groups is 3. The standard InChI is InChI=1S/C22H22FN3O5/c23-16-6-2-1-5-15(16)21(28)24-13-20(27)25-9-11-26(12-10-25)22(29)19-14-30-17-7-3-4-8-18(17)31-19/h1-8,19H,9-14H2,(H,24,28). The Hall–Kier alpha value is -3.62. The number of benzene rings is 2. The Morgan fingerprint density at radius 2 is 1.58 bits per heavy atom. The third-order valence-corrected chi connectivity index (χ3v) is 5.25. The van der Waals surface area contributed by atoms with Gasteiger partial charge in [-0.3, -0.25) is 14.4 Å². The number of nitrogens with zero attached hydrogens (tertiary/aromatic N) is 2. The highest BCUT2D eigenvalue weighted by Gasteiger charge is 2.33. The monoisotopic (exact) mass is 427 g/mol. The summed E-state index contributed by atoms with van der Waals surface area (Å²) >= 11 is 0. The van der Waals surface area contributed by atoms with Crippen LogP contribution in [0.2, 0.25) is 0 Å². The Balaban J connectivity index is 1.25. The van der Waals surface area contributed by atoms with Crippen LogP contribution in [0.4, 0.5) is 4.39 Å². The Kier molecular flexibility index (Phi) is 6.01. The molecule has 1 fully saturated rings. The zero-order valence-corrected chi connectivity index (χ0v) is 16.8. The predicted molar refractivity (Wildman–Crippen MR) is 108 cm³/mol. The van der Waals surface area contributed by atoms with E-state index in [1.165, 1.54) is 18.2 Å². The molecular formula is C22H22FN3O5. The number of halogens is 1. The summed E-state index contributed by atoms with van der Waals surface area (Å²) < 4.78 is 25.0. The van der Waals surface area contributed by atoms with Gasteiger partial charge in [-0.1, -0.05) is 24.3 Å². The van der Waals surface area contributed by atoms with E-state index in [1.807, 2.05) is 12.1 Å². The topological polar surface area (TPSA) is 88.2 Å². The highest BCUT2D eigenvalue weighted by atomic mass is 19.1. The lowest BCUT2D eigenvalue weighted by Gasteiger charge is -2.37. The first-order chi connectivity index (χ1) is 15.0. The summed E-state index contributed by atoms with van der Waals surface area (Å²) in [4.78, 5) is 40.4. The maximum Gasteiger partial charge on any atom is 0.267 e. The Morgan fingerprint density at radius 3 is 2.32 bits per heavy atom. The largest absolute Gasteiger partial charge is 0.485 e. The third-order valence-electron chi connectivity index (χ3n) is 5.25. The zero-order chi connectivity index (χ0) is 21.8. The SMILES string of the molecule is O=C(NCC(=O)N1CCN(C(=O)C2COc3ccccc3O2)CC1)c1ccccc1F. The van der Waals surface area contributed by atoms with E-state index in [9.17, 15) is 18.8 Å². The third kappa shape index (κ3) is 4.60. The number of nitrogens with one attached hydrogen (secondary N) is 1. The summed E-state index contributed by atoms with van der Waals surface area (Å²) in [6.45, 7) is 1.28. The van der Waals surface area contributed by atoms with E-state index in [1.54, 1.807) is 28.0 Å². The lowest BCUT2D eigenvalue weighted by atomic mass is 10.2. The predicted octanol–water partition coefficient (Wildman–Crippen LogP) is 1.07. The minimum atomic E-state index is -0.725. The van der Waals surface area contributed by atoms with E-state index < -0.39 is 17.8 Å². The van der Waals surface area contributed by atoms with Crippen molar-refractivity contribution in [1.29, 1.82) is 0 Å². The fourth-order valence-corrected chi connectivity index (χ4v) is 3.53. The van der Waals surface area contributed by atoms with Crippen molar-refractivity contribution in [2.45, 2.75) is 6.10 Å². The molecule has 162 valence electrons. The van der Waals surface area contributed by atoms with Crippen LogP contribution in [0.1, 0.15) is 10.4 Å². The molecule has 2 aromatic rings. The zero-order valence-electron chi connectivity index (χ0n) is 16.8. The van der Waals surface area contributed by atoms with Gasteiger partial charge >= 0.3 is 0 Å². The van der Waals surface area contributed by atoms with Crippen LogP contribution in [0.5, 0.6) is 11.5 Å². The summed E-state index contributed by atoms with van der Waals surface area (Å²) in [6, 6.07) is 12.8. The maximum absolute atomic E-state index is 13.7. The van der Waals surface area contributed by atoms with Gasteiger partial charge in [0.1, 0.15) is 12.4 Å². The summed E-state index contributed by atoms with van der Waals surface area (Å²) in [5.74, 6) is -0.616. The van der Waals surface area contributed by atoms with Gasteiger partial charge in [0.05, 0.1) is 12.1 Å². The summed E-state index contributed by atoms with van der Waals surface area (Å²) in [5.41, 5.74) is -0.109.